The zero-order valence-electron chi connectivity index (χ0n) is 14.2. The van der Waals surface area contributed by atoms with Gasteiger partial charge in [0.25, 0.3) is 0 Å². The highest BCUT2D eigenvalue weighted by atomic mass is 32.1. The number of nitrogens with one attached hydrogen (secondary N) is 2. The summed E-state index contributed by atoms with van der Waals surface area (Å²) in [6, 6.07) is 5.09. The number of rotatable bonds is 6. The van der Waals surface area contributed by atoms with E-state index in [4.69, 9.17) is 4.74 Å². The van der Waals surface area contributed by atoms with Gasteiger partial charge in [0.1, 0.15) is 6.04 Å². The fraction of sp³-hybridized carbons (Fsp3) is 0.353. The third-order valence-corrected chi connectivity index (χ3v) is 4.48. The minimum Gasteiger partial charge on any atom is -0.468 e. The molecule has 0 saturated heterocycles. The minimum atomic E-state index is -0.694. The molecule has 1 heterocycles. The summed E-state index contributed by atoms with van der Waals surface area (Å²) in [5.74, 6) is -0.685. The summed E-state index contributed by atoms with van der Waals surface area (Å²) >= 11 is 1.36. The number of aryl methyl sites for hydroxylation is 3. The third kappa shape index (κ3) is 4.39. The lowest BCUT2D eigenvalue weighted by Crippen LogP contribution is -2.36. The number of anilines is 1. The summed E-state index contributed by atoms with van der Waals surface area (Å²) in [4.78, 5) is 28.4. The maximum atomic E-state index is 12.2. The molecule has 7 heteroatoms. The van der Waals surface area contributed by atoms with Crippen LogP contribution in [0.15, 0.2) is 23.6 Å². The van der Waals surface area contributed by atoms with Crippen molar-refractivity contribution in [1.29, 1.82) is 0 Å². The number of thiazole rings is 1. The van der Waals surface area contributed by atoms with E-state index >= 15 is 0 Å². The first-order chi connectivity index (χ1) is 11.4. The number of aromatic nitrogens is 1. The van der Waals surface area contributed by atoms with Crippen LogP contribution in [0.2, 0.25) is 0 Å². The van der Waals surface area contributed by atoms with Crippen LogP contribution in [-0.2, 0) is 14.3 Å². The summed E-state index contributed by atoms with van der Waals surface area (Å²) in [6.45, 7) is 5.70. The van der Waals surface area contributed by atoms with Crippen LogP contribution < -0.4 is 10.6 Å². The van der Waals surface area contributed by atoms with Crippen LogP contribution in [-0.4, -0.2) is 30.5 Å². The summed E-state index contributed by atoms with van der Waals surface area (Å²) in [7, 11) is 1.34. The zero-order valence-corrected chi connectivity index (χ0v) is 15.0. The lowest BCUT2D eigenvalue weighted by atomic mass is 9.96. The van der Waals surface area contributed by atoms with Crippen molar-refractivity contribution < 1.29 is 14.3 Å². The Bertz CT molecular complexity index is 722. The Balaban J connectivity index is 2.09. The quantitative estimate of drug-likeness (QED) is 0.785. The zero-order chi connectivity index (χ0) is 17.7. The number of carbonyl (C=O) groups excluding carboxylic acids is 2. The first kappa shape index (κ1) is 18.1. The Morgan fingerprint density at radius 2 is 1.92 bits per heavy atom. The van der Waals surface area contributed by atoms with Crippen molar-refractivity contribution in [2.24, 2.45) is 0 Å². The molecule has 2 rings (SSSR count). The second-order valence-electron chi connectivity index (χ2n) is 5.48. The largest absolute Gasteiger partial charge is 0.468 e. The molecule has 6 nitrogen and oxygen atoms in total. The molecule has 0 spiro atoms. The third-order valence-electron chi connectivity index (χ3n) is 3.60. The normalized spacial score (nSPS) is 11.8. The van der Waals surface area contributed by atoms with Gasteiger partial charge in [-0.05, 0) is 37.5 Å². The molecule has 1 atom stereocenters. The second kappa shape index (κ2) is 8.03. The van der Waals surface area contributed by atoms with Crippen LogP contribution >= 0.6 is 11.3 Å². The van der Waals surface area contributed by atoms with Crippen molar-refractivity contribution in [3.8, 4) is 0 Å². The molecule has 0 bridgehead atoms. The van der Waals surface area contributed by atoms with E-state index in [1.165, 1.54) is 18.4 Å². The van der Waals surface area contributed by atoms with Crippen molar-refractivity contribution in [3.05, 3.63) is 46.0 Å². The molecular weight excluding hydrogens is 326 g/mol. The van der Waals surface area contributed by atoms with Gasteiger partial charge in [0, 0.05) is 5.38 Å². The highest BCUT2D eigenvalue weighted by Crippen LogP contribution is 2.23. The van der Waals surface area contributed by atoms with Gasteiger partial charge >= 0.3 is 5.97 Å². The van der Waals surface area contributed by atoms with Crippen LogP contribution in [0.3, 0.4) is 0 Å². The molecule has 0 aliphatic carbocycles. The smallest absolute Gasteiger partial charge is 0.327 e. The maximum absolute atomic E-state index is 12.2. The first-order valence-electron chi connectivity index (χ1n) is 7.51. The van der Waals surface area contributed by atoms with Crippen molar-refractivity contribution in [1.82, 2.24) is 10.3 Å². The van der Waals surface area contributed by atoms with Crippen LogP contribution in [0.25, 0.3) is 0 Å². The summed E-state index contributed by atoms with van der Waals surface area (Å²) in [5.41, 5.74) is 3.62. The average molecular weight is 347 g/mol. The molecular formula is C17H21N3O3S. The van der Waals surface area contributed by atoms with Gasteiger partial charge in [0.15, 0.2) is 5.13 Å². The number of esters is 1. The van der Waals surface area contributed by atoms with E-state index < -0.39 is 12.0 Å². The second-order valence-corrected chi connectivity index (χ2v) is 6.34. The summed E-state index contributed by atoms with van der Waals surface area (Å²) in [5, 5.41) is 8.10. The van der Waals surface area contributed by atoms with Gasteiger partial charge in [-0.3, -0.25) is 10.1 Å². The standard InChI is InChI=1S/C17H21N3O3S/c1-10-6-5-7-11(2)14(10)15(16(22)23-4)18-8-13(21)20-17-19-12(3)9-24-17/h5-7,9,15,18H,8H2,1-4H3,(H,19,20,21)/t15-/m1/s1. The fourth-order valence-electron chi connectivity index (χ4n) is 2.47. The van der Waals surface area contributed by atoms with Gasteiger partial charge in [-0.15, -0.1) is 11.3 Å². The molecule has 128 valence electrons. The predicted octanol–water partition coefficient (Wildman–Crippen LogP) is 2.51. The number of nitrogens with zero attached hydrogens (tertiary/aromatic N) is 1. The SMILES string of the molecule is COC(=O)[C@H](NCC(=O)Nc1nc(C)cs1)c1c(C)cccc1C. The first-order valence-corrected chi connectivity index (χ1v) is 8.39. The van der Waals surface area contributed by atoms with Crippen LogP contribution in [0.5, 0.6) is 0 Å². The van der Waals surface area contributed by atoms with E-state index in [-0.39, 0.29) is 12.5 Å². The molecule has 1 aromatic heterocycles. The molecule has 0 saturated carbocycles. The molecule has 2 aromatic rings. The number of hydrogen-bond acceptors (Lipinski definition) is 6. The minimum absolute atomic E-state index is 0.0217. The molecule has 0 unspecified atom stereocenters. The number of amides is 1. The van der Waals surface area contributed by atoms with Gasteiger partial charge in [-0.1, -0.05) is 18.2 Å². The van der Waals surface area contributed by atoms with Gasteiger partial charge in [-0.2, -0.15) is 0 Å². The predicted molar refractivity (Wildman–Crippen MR) is 94.2 cm³/mol. The van der Waals surface area contributed by atoms with E-state index in [0.717, 1.165) is 22.4 Å². The maximum Gasteiger partial charge on any atom is 0.327 e. The van der Waals surface area contributed by atoms with Crippen LogP contribution in [0.4, 0.5) is 5.13 Å². The van der Waals surface area contributed by atoms with E-state index in [1.54, 1.807) is 0 Å². The Hall–Kier alpha value is -2.25. The summed E-state index contributed by atoms with van der Waals surface area (Å²) in [6.07, 6.45) is 0. The lowest BCUT2D eigenvalue weighted by Gasteiger charge is -2.20. The number of ether oxygens (including phenoxy) is 1. The Morgan fingerprint density at radius 3 is 2.46 bits per heavy atom. The molecule has 1 amide bonds. The number of methoxy groups -OCH3 is 1. The van der Waals surface area contributed by atoms with Gasteiger partial charge < -0.3 is 10.1 Å². The average Bonchev–Trinajstić information content (AvgIpc) is 2.94. The molecule has 24 heavy (non-hydrogen) atoms. The highest BCUT2D eigenvalue weighted by Gasteiger charge is 2.25. The molecule has 0 aliphatic heterocycles. The van der Waals surface area contributed by atoms with Crippen LogP contribution in [0, 0.1) is 20.8 Å². The highest BCUT2D eigenvalue weighted by molar-refractivity contribution is 7.13. The summed E-state index contributed by atoms with van der Waals surface area (Å²) < 4.78 is 4.89. The Morgan fingerprint density at radius 1 is 1.25 bits per heavy atom. The van der Waals surface area contributed by atoms with Gasteiger partial charge in [0.2, 0.25) is 5.91 Å². The van der Waals surface area contributed by atoms with E-state index in [2.05, 4.69) is 15.6 Å². The van der Waals surface area contributed by atoms with E-state index in [9.17, 15) is 9.59 Å². The topological polar surface area (TPSA) is 80.3 Å². The van der Waals surface area contributed by atoms with Gasteiger partial charge in [-0.25, -0.2) is 9.78 Å². The molecule has 0 fully saturated rings. The fourth-order valence-corrected chi connectivity index (χ4v) is 3.18. The van der Waals surface area contributed by atoms with Gasteiger partial charge in [0.05, 0.1) is 19.3 Å². The molecule has 1 aromatic carbocycles. The monoisotopic (exact) mass is 347 g/mol. The molecule has 0 radical (unpaired) electrons. The number of hydrogen-bond donors (Lipinski definition) is 2. The Labute approximate surface area is 145 Å². The van der Waals surface area contributed by atoms with Crippen molar-refractivity contribution in [3.63, 3.8) is 0 Å². The van der Waals surface area contributed by atoms with Crippen molar-refractivity contribution >= 4 is 28.3 Å². The number of carbonyl (C=O) groups is 2. The van der Waals surface area contributed by atoms with E-state index in [1.807, 2.05) is 44.4 Å². The molecule has 0 aliphatic rings. The van der Waals surface area contributed by atoms with Crippen molar-refractivity contribution in [2.45, 2.75) is 26.8 Å². The molecule has 2 N–H and O–H groups in total. The lowest BCUT2D eigenvalue weighted by molar-refractivity contribution is -0.143. The van der Waals surface area contributed by atoms with Crippen molar-refractivity contribution in [2.75, 3.05) is 19.0 Å². The van der Waals surface area contributed by atoms with Crippen LogP contribution in [0.1, 0.15) is 28.4 Å². The number of benzene rings is 1. The Kier molecular flexibility index (Phi) is 6.05. The van der Waals surface area contributed by atoms with E-state index in [0.29, 0.717) is 5.13 Å².